The van der Waals surface area contributed by atoms with Crippen LogP contribution in [0.25, 0.3) is 22.4 Å². The molecule has 0 aliphatic carbocycles. The predicted octanol–water partition coefficient (Wildman–Crippen LogP) is 3.40. The van der Waals surface area contributed by atoms with Crippen LogP contribution < -0.4 is 10.6 Å². The molecule has 10 heteroatoms. The van der Waals surface area contributed by atoms with Gasteiger partial charge in [0, 0.05) is 48.4 Å². The summed E-state index contributed by atoms with van der Waals surface area (Å²) in [4.78, 5) is 38.8. The maximum Gasteiger partial charge on any atom is 0.253 e. The van der Waals surface area contributed by atoms with E-state index in [0.717, 1.165) is 16.3 Å². The number of hydrogen-bond donors (Lipinski definition) is 2. The second-order valence-electron chi connectivity index (χ2n) is 7.36. The number of aromatic nitrogens is 4. The first-order chi connectivity index (χ1) is 16.0. The van der Waals surface area contributed by atoms with Crippen LogP contribution in [-0.2, 0) is 22.6 Å². The van der Waals surface area contributed by atoms with E-state index in [4.69, 9.17) is 9.72 Å². The van der Waals surface area contributed by atoms with Crippen LogP contribution in [0.2, 0.25) is 0 Å². The van der Waals surface area contributed by atoms with Crippen LogP contribution in [-0.4, -0.2) is 45.1 Å². The molecule has 0 aliphatic heterocycles. The average Bonchev–Trinajstić information content (AvgIpc) is 3.40. The van der Waals surface area contributed by atoms with Gasteiger partial charge in [-0.3, -0.25) is 14.6 Å². The molecule has 3 heterocycles. The van der Waals surface area contributed by atoms with Crippen LogP contribution in [0.15, 0.2) is 42.0 Å². The molecule has 9 nitrogen and oxygen atoms in total. The number of nitrogens with one attached hydrogen (secondary N) is 2. The van der Waals surface area contributed by atoms with Crippen LogP contribution in [0.3, 0.4) is 0 Å². The van der Waals surface area contributed by atoms with Crippen molar-refractivity contribution in [2.24, 2.45) is 0 Å². The smallest absolute Gasteiger partial charge is 0.253 e. The molecule has 2 N–H and O–H groups in total. The normalized spacial score (nSPS) is 11.0. The fraction of sp³-hybridized carbons (Fsp3) is 0.261. The zero-order valence-corrected chi connectivity index (χ0v) is 19.4. The number of carbonyl (C=O) groups is 2. The number of methoxy groups -OCH3 is 1. The van der Waals surface area contributed by atoms with Gasteiger partial charge in [0.25, 0.3) is 5.91 Å². The van der Waals surface area contributed by atoms with Crippen LogP contribution in [0.5, 0.6) is 0 Å². The number of carbonyl (C=O) groups excluding carboxylic acids is 2. The molecule has 3 aromatic heterocycles. The van der Waals surface area contributed by atoms with Crippen molar-refractivity contribution in [3.8, 4) is 11.4 Å². The summed E-state index contributed by atoms with van der Waals surface area (Å²) in [6, 6.07) is 7.19. The molecule has 170 valence electrons. The summed E-state index contributed by atoms with van der Waals surface area (Å²) in [5, 5.41) is 8.49. The number of aryl methyl sites for hydroxylation is 2. The molecule has 2 amide bonds. The minimum atomic E-state index is -0.316. The van der Waals surface area contributed by atoms with Gasteiger partial charge < -0.3 is 19.9 Å². The molecule has 0 atom stereocenters. The van der Waals surface area contributed by atoms with Crippen LogP contribution in [0.4, 0.5) is 5.69 Å². The van der Waals surface area contributed by atoms with E-state index >= 15 is 0 Å². The van der Waals surface area contributed by atoms with Gasteiger partial charge in [0.05, 0.1) is 23.1 Å². The van der Waals surface area contributed by atoms with E-state index in [1.54, 1.807) is 24.5 Å². The van der Waals surface area contributed by atoms with Crippen LogP contribution >= 0.6 is 11.3 Å². The van der Waals surface area contributed by atoms with E-state index in [-0.39, 0.29) is 18.4 Å². The van der Waals surface area contributed by atoms with E-state index < -0.39 is 0 Å². The molecule has 0 radical (unpaired) electrons. The molecular formula is C23H24N6O3S. The van der Waals surface area contributed by atoms with Crippen molar-refractivity contribution < 1.29 is 14.3 Å². The number of imidazole rings is 1. The van der Waals surface area contributed by atoms with E-state index in [1.165, 1.54) is 18.4 Å². The van der Waals surface area contributed by atoms with Crippen molar-refractivity contribution >= 4 is 39.9 Å². The summed E-state index contributed by atoms with van der Waals surface area (Å²) in [6.07, 6.45) is 3.43. The Morgan fingerprint density at radius 1 is 1.24 bits per heavy atom. The molecular weight excluding hydrogens is 440 g/mol. The Hall–Kier alpha value is -3.63. The summed E-state index contributed by atoms with van der Waals surface area (Å²) in [7, 11) is 1.45. The minimum Gasteiger partial charge on any atom is -0.375 e. The number of amides is 2. The van der Waals surface area contributed by atoms with E-state index in [0.29, 0.717) is 41.2 Å². The lowest BCUT2D eigenvalue weighted by Gasteiger charge is -2.12. The predicted molar refractivity (Wildman–Crippen MR) is 127 cm³/mol. The SMILES string of the molecule is CCn1c(-c2cccnc2)nc2cc(NC(=O)COC)cc(C(=O)NCc3nc(C)cs3)c21. The second kappa shape index (κ2) is 9.88. The Kier molecular flexibility index (Phi) is 6.76. The molecule has 0 saturated heterocycles. The second-order valence-corrected chi connectivity index (χ2v) is 8.30. The number of nitrogens with zero attached hydrogens (tertiary/aromatic N) is 4. The van der Waals surface area contributed by atoms with Crippen molar-refractivity contribution in [2.75, 3.05) is 19.0 Å². The number of rotatable bonds is 8. The highest BCUT2D eigenvalue weighted by atomic mass is 32.1. The zero-order chi connectivity index (χ0) is 23.4. The molecule has 33 heavy (non-hydrogen) atoms. The van der Waals surface area contributed by atoms with Crippen molar-refractivity contribution in [2.45, 2.75) is 26.9 Å². The highest BCUT2D eigenvalue weighted by Gasteiger charge is 2.21. The van der Waals surface area contributed by atoms with Gasteiger partial charge in [-0.2, -0.15) is 0 Å². The molecule has 0 fully saturated rings. The summed E-state index contributed by atoms with van der Waals surface area (Å²) in [5.74, 6) is 0.109. The van der Waals surface area contributed by atoms with Gasteiger partial charge in [-0.15, -0.1) is 11.3 Å². The van der Waals surface area contributed by atoms with Crippen molar-refractivity contribution in [1.82, 2.24) is 24.8 Å². The first kappa shape index (κ1) is 22.6. The number of anilines is 1. The van der Waals surface area contributed by atoms with Gasteiger partial charge in [-0.05, 0) is 38.1 Å². The van der Waals surface area contributed by atoms with Gasteiger partial charge in [0.15, 0.2) is 0 Å². The number of pyridine rings is 1. The third-order valence-corrected chi connectivity index (χ3v) is 5.91. The van der Waals surface area contributed by atoms with Gasteiger partial charge in [0.2, 0.25) is 5.91 Å². The number of hydrogen-bond acceptors (Lipinski definition) is 7. The fourth-order valence-electron chi connectivity index (χ4n) is 3.60. The lowest BCUT2D eigenvalue weighted by Crippen LogP contribution is -2.24. The fourth-order valence-corrected chi connectivity index (χ4v) is 4.31. The summed E-state index contributed by atoms with van der Waals surface area (Å²) in [5.41, 5.74) is 3.93. The third kappa shape index (κ3) is 4.91. The van der Waals surface area contributed by atoms with Crippen molar-refractivity contribution in [3.05, 3.63) is 58.3 Å². The molecule has 4 rings (SSSR count). The number of benzene rings is 1. The van der Waals surface area contributed by atoms with Crippen molar-refractivity contribution in [3.63, 3.8) is 0 Å². The highest BCUT2D eigenvalue weighted by molar-refractivity contribution is 7.09. The lowest BCUT2D eigenvalue weighted by atomic mass is 10.1. The van der Waals surface area contributed by atoms with Gasteiger partial charge in [0.1, 0.15) is 17.4 Å². The third-order valence-electron chi connectivity index (χ3n) is 4.95. The summed E-state index contributed by atoms with van der Waals surface area (Å²) in [6.45, 7) is 4.73. The zero-order valence-electron chi connectivity index (χ0n) is 18.6. The monoisotopic (exact) mass is 464 g/mol. The first-order valence-electron chi connectivity index (χ1n) is 10.4. The Morgan fingerprint density at radius 3 is 2.76 bits per heavy atom. The lowest BCUT2D eigenvalue weighted by molar-refractivity contribution is -0.119. The number of ether oxygens (including phenoxy) is 1. The van der Waals surface area contributed by atoms with Crippen LogP contribution in [0, 0.1) is 6.92 Å². The molecule has 0 unspecified atom stereocenters. The largest absolute Gasteiger partial charge is 0.375 e. The van der Waals surface area contributed by atoms with E-state index in [2.05, 4.69) is 20.6 Å². The molecule has 0 bridgehead atoms. The standard InChI is InChI=1S/C23H24N6O3S/c1-4-29-21-17(23(31)25-11-20-26-14(2)13-33-20)8-16(27-19(30)12-32-3)9-18(21)28-22(29)15-6-5-7-24-10-15/h5-10,13H,4,11-12H2,1-3H3,(H,25,31)(H,27,30). The quantitative estimate of drug-likeness (QED) is 0.413. The van der Waals surface area contributed by atoms with Crippen molar-refractivity contribution in [1.29, 1.82) is 0 Å². The van der Waals surface area contributed by atoms with E-state index in [1.807, 2.05) is 35.9 Å². The topological polar surface area (TPSA) is 111 Å². The highest BCUT2D eigenvalue weighted by Crippen LogP contribution is 2.30. The Bertz CT molecular complexity index is 1300. The Labute approximate surface area is 194 Å². The maximum absolute atomic E-state index is 13.3. The molecule has 0 spiro atoms. The van der Waals surface area contributed by atoms with E-state index in [9.17, 15) is 9.59 Å². The number of fused-ring (bicyclic) bond motifs is 1. The molecule has 0 aliphatic rings. The maximum atomic E-state index is 13.3. The average molecular weight is 465 g/mol. The van der Waals surface area contributed by atoms with Gasteiger partial charge in [-0.1, -0.05) is 0 Å². The summed E-state index contributed by atoms with van der Waals surface area (Å²) < 4.78 is 6.89. The summed E-state index contributed by atoms with van der Waals surface area (Å²) >= 11 is 1.50. The molecule has 4 aromatic rings. The van der Waals surface area contributed by atoms with Gasteiger partial charge in [-0.25, -0.2) is 9.97 Å². The van der Waals surface area contributed by atoms with Gasteiger partial charge >= 0.3 is 0 Å². The number of thiazole rings is 1. The Balaban J connectivity index is 1.79. The first-order valence-corrected chi connectivity index (χ1v) is 11.3. The minimum absolute atomic E-state index is 0.0900. The Morgan fingerprint density at radius 2 is 2.09 bits per heavy atom. The molecule has 1 aromatic carbocycles. The van der Waals surface area contributed by atoms with Crippen LogP contribution in [0.1, 0.15) is 28.0 Å². The molecule has 0 saturated carbocycles.